The molecule has 0 radical (unpaired) electrons. The van der Waals surface area contributed by atoms with Crippen LogP contribution in [0.25, 0.3) is 11.0 Å². The smallest absolute Gasteiger partial charge is 0.160 e. The Hall–Kier alpha value is -1.61. The van der Waals surface area contributed by atoms with Crippen LogP contribution < -0.4 is 0 Å². The summed E-state index contributed by atoms with van der Waals surface area (Å²) in [4.78, 5) is 11.4. The topological polar surface area (TPSA) is 39.4 Å². The van der Waals surface area contributed by atoms with Crippen LogP contribution in [-0.4, -0.2) is 12.9 Å². The monoisotopic (exact) mass is 204 g/mol. The molecule has 0 fully saturated rings. The molecule has 0 aliphatic rings. The van der Waals surface area contributed by atoms with E-state index in [0.717, 1.165) is 16.5 Å². The number of furan rings is 1. The van der Waals surface area contributed by atoms with Gasteiger partial charge in [-0.25, -0.2) is 0 Å². The van der Waals surface area contributed by atoms with Gasteiger partial charge in [-0.05, 0) is 30.7 Å². The lowest BCUT2D eigenvalue weighted by Crippen LogP contribution is -2.00. The van der Waals surface area contributed by atoms with Crippen LogP contribution >= 0.6 is 0 Å². The van der Waals surface area contributed by atoms with E-state index in [0.29, 0.717) is 12.2 Å². The number of Topliss-reactive ketones (excluding diaryl/α,β-unsaturated/α-hetero) is 1. The summed E-state index contributed by atoms with van der Waals surface area (Å²) in [6.07, 6.45) is 1.62. The van der Waals surface area contributed by atoms with Crippen molar-refractivity contribution in [2.24, 2.45) is 0 Å². The molecule has 1 aromatic heterocycles. The molecule has 0 spiro atoms. The molecule has 3 nitrogen and oxygen atoms in total. The fourth-order valence-corrected chi connectivity index (χ4v) is 1.65. The molecule has 2 rings (SSSR count). The fourth-order valence-electron chi connectivity index (χ4n) is 1.65. The maximum absolute atomic E-state index is 11.4. The van der Waals surface area contributed by atoms with Gasteiger partial charge in [-0.3, -0.25) is 4.79 Å². The molecule has 15 heavy (non-hydrogen) atoms. The Morgan fingerprint density at radius 3 is 2.93 bits per heavy atom. The molecule has 0 amide bonds. The third kappa shape index (κ3) is 1.78. The van der Waals surface area contributed by atoms with Crippen molar-refractivity contribution < 1.29 is 13.9 Å². The predicted octanol–water partition coefficient (Wildman–Crippen LogP) is 2.78. The highest BCUT2D eigenvalue weighted by Gasteiger charge is 2.10. The highest BCUT2D eigenvalue weighted by molar-refractivity contribution is 5.99. The van der Waals surface area contributed by atoms with Crippen LogP contribution in [0.15, 0.2) is 28.9 Å². The van der Waals surface area contributed by atoms with Crippen molar-refractivity contribution >= 4 is 16.8 Å². The zero-order valence-corrected chi connectivity index (χ0v) is 8.74. The summed E-state index contributed by atoms with van der Waals surface area (Å²) in [6, 6.07) is 5.55. The van der Waals surface area contributed by atoms with Gasteiger partial charge in [-0.2, -0.15) is 0 Å². The van der Waals surface area contributed by atoms with Crippen molar-refractivity contribution in [2.45, 2.75) is 13.5 Å². The zero-order chi connectivity index (χ0) is 10.8. The number of carbonyl (C=O) groups is 1. The maximum atomic E-state index is 11.4. The van der Waals surface area contributed by atoms with E-state index in [-0.39, 0.29) is 5.78 Å². The van der Waals surface area contributed by atoms with Gasteiger partial charge in [0.05, 0.1) is 12.9 Å². The van der Waals surface area contributed by atoms with Gasteiger partial charge in [0.1, 0.15) is 5.58 Å². The molecule has 78 valence electrons. The Morgan fingerprint density at radius 1 is 1.47 bits per heavy atom. The maximum Gasteiger partial charge on any atom is 0.160 e. The first-order chi connectivity index (χ1) is 7.22. The Morgan fingerprint density at radius 2 is 2.27 bits per heavy atom. The minimum atomic E-state index is 0.0464. The predicted molar refractivity (Wildman–Crippen MR) is 56.9 cm³/mol. The second kappa shape index (κ2) is 3.87. The van der Waals surface area contributed by atoms with E-state index in [1.165, 1.54) is 0 Å². The van der Waals surface area contributed by atoms with Crippen LogP contribution in [0.4, 0.5) is 0 Å². The average Bonchev–Trinajstić information content (AvgIpc) is 2.63. The molecule has 0 saturated heterocycles. The highest BCUT2D eigenvalue weighted by Crippen LogP contribution is 2.22. The van der Waals surface area contributed by atoms with Crippen LogP contribution in [0.3, 0.4) is 0 Å². The summed E-state index contributed by atoms with van der Waals surface area (Å²) in [5.74, 6) is 0.0464. The zero-order valence-electron chi connectivity index (χ0n) is 8.74. The van der Waals surface area contributed by atoms with E-state index < -0.39 is 0 Å². The van der Waals surface area contributed by atoms with Crippen LogP contribution in [-0.2, 0) is 11.3 Å². The number of methoxy groups -OCH3 is 1. The molecule has 1 aromatic carbocycles. The molecule has 0 bridgehead atoms. The van der Waals surface area contributed by atoms with Crippen molar-refractivity contribution in [1.29, 1.82) is 0 Å². The van der Waals surface area contributed by atoms with Gasteiger partial charge in [0.2, 0.25) is 0 Å². The Kier molecular flexibility index (Phi) is 2.56. The minimum Gasteiger partial charge on any atom is -0.464 e. The average molecular weight is 204 g/mol. The molecule has 1 heterocycles. The molecule has 0 N–H and O–H groups in total. The van der Waals surface area contributed by atoms with E-state index in [4.69, 9.17) is 9.15 Å². The lowest BCUT2D eigenvalue weighted by molar-refractivity contribution is 0.101. The van der Waals surface area contributed by atoms with Gasteiger partial charge >= 0.3 is 0 Å². The first kappa shape index (κ1) is 9.93. The first-order valence-corrected chi connectivity index (χ1v) is 4.72. The van der Waals surface area contributed by atoms with E-state index >= 15 is 0 Å². The van der Waals surface area contributed by atoms with Crippen LogP contribution in [0.5, 0.6) is 0 Å². The molecular formula is C12H12O3. The minimum absolute atomic E-state index is 0.0464. The van der Waals surface area contributed by atoms with Crippen LogP contribution in [0.1, 0.15) is 22.8 Å². The number of hydrogen-bond acceptors (Lipinski definition) is 3. The lowest BCUT2D eigenvalue weighted by atomic mass is 10.0. The SMILES string of the molecule is COCc1cc2occc2cc1C(C)=O. The number of rotatable bonds is 3. The Balaban J connectivity index is 2.62. The normalized spacial score (nSPS) is 10.8. The third-order valence-electron chi connectivity index (χ3n) is 2.36. The van der Waals surface area contributed by atoms with E-state index in [1.807, 2.05) is 18.2 Å². The summed E-state index contributed by atoms with van der Waals surface area (Å²) in [5, 5.41) is 0.944. The van der Waals surface area contributed by atoms with E-state index in [2.05, 4.69) is 0 Å². The molecule has 0 saturated carbocycles. The summed E-state index contributed by atoms with van der Waals surface area (Å²) in [5.41, 5.74) is 2.35. The van der Waals surface area contributed by atoms with E-state index in [9.17, 15) is 4.79 Å². The Bertz CT molecular complexity index is 497. The lowest BCUT2D eigenvalue weighted by Gasteiger charge is -2.05. The summed E-state index contributed by atoms with van der Waals surface area (Å²) in [7, 11) is 1.61. The number of carbonyl (C=O) groups excluding carboxylic acids is 1. The van der Waals surface area contributed by atoms with Crippen molar-refractivity contribution in [3.8, 4) is 0 Å². The van der Waals surface area contributed by atoms with Gasteiger partial charge in [0.15, 0.2) is 5.78 Å². The van der Waals surface area contributed by atoms with Gasteiger partial charge < -0.3 is 9.15 Å². The fraction of sp³-hybridized carbons (Fsp3) is 0.250. The van der Waals surface area contributed by atoms with Crippen molar-refractivity contribution in [2.75, 3.05) is 7.11 Å². The second-order valence-corrected chi connectivity index (χ2v) is 3.46. The highest BCUT2D eigenvalue weighted by atomic mass is 16.5. The molecule has 0 aliphatic carbocycles. The largest absolute Gasteiger partial charge is 0.464 e. The number of benzene rings is 1. The van der Waals surface area contributed by atoms with Gasteiger partial charge in [0.25, 0.3) is 0 Å². The molecular weight excluding hydrogens is 192 g/mol. The molecule has 3 heteroatoms. The first-order valence-electron chi connectivity index (χ1n) is 4.72. The van der Waals surface area contributed by atoms with Crippen molar-refractivity contribution in [1.82, 2.24) is 0 Å². The number of ether oxygens (including phenoxy) is 1. The molecule has 0 atom stereocenters. The number of ketones is 1. The second-order valence-electron chi connectivity index (χ2n) is 3.46. The van der Waals surface area contributed by atoms with Gasteiger partial charge in [0, 0.05) is 18.1 Å². The van der Waals surface area contributed by atoms with Crippen LogP contribution in [0, 0.1) is 0 Å². The van der Waals surface area contributed by atoms with Crippen LogP contribution in [0.2, 0.25) is 0 Å². The third-order valence-corrected chi connectivity index (χ3v) is 2.36. The summed E-state index contributed by atoms with van der Waals surface area (Å²) in [6.45, 7) is 1.98. The quantitative estimate of drug-likeness (QED) is 0.721. The summed E-state index contributed by atoms with van der Waals surface area (Å²) >= 11 is 0. The van der Waals surface area contributed by atoms with E-state index in [1.54, 1.807) is 20.3 Å². The van der Waals surface area contributed by atoms with Gasteiger partial charge in [-0.15, -0.1) is 0 Å². The Labute approximate surface area is 87.6 Å². The standard InChI is InChI=1S/C12H12O3/c1-8(13)11-5-9-3-4-15-12(9)6-10(11)7-14-2/h3-6H,7H2,1-2H3. The molecule has 0 unspecified atom stereocenters. The van der Waals surface area contributed by atoms with Gasteiger partial charge in [-0.1, -0.05) is 0 Å². The molecule has 0 aliphatic heterocycles. The summed E-state index contributed by atoms with van der Waals surface area (Å²) < 4.78 is 10.3. The number of fused-ring (bicyclic) bond motifs is 1. The number of hydrogen-bond donors (Lipinski definition) is 0. The van der Waals surface area contributed by atoms with Crippen molar-refractivity contribution in [3.05, 3.63) is 35.6 Å². The van der Waals surface area contributed by atoms with Crippen molar-refractivity contribution in [3.63, 3.8) is 0 Å². The molecule has 2 aromatic rings.